The van der Waals surface area contributed by atoms with Gasteiger partial charge in [-0.2, -0.15) is 0 Å². The Hall–Kier alpha value is -1.59. The van der Waals surface area contributed by atoms with Crippen LogP contribution in [0.25, 0.3) is 0 Å². The molecule has 114 valence electrons. The van der Waals surface area contributed by atoms with Crippen LogP contribution in [0.3, 0.4) is 0 Å². The monoisotopic (exact) mass is 306 g/mol. The molecular formula is C16H22N2O2S. The molecule has 2 aromatic rings. The van der Waals surface area contributed by atoms with E-state index in [9.17, 15) is 0 Å². The molecule has 0 spiro atoms. The largest absolute Gasteiger partial charge is 0.493 e. The van der Waals surface area contributed by atoms with Gasteiger partial charge < -0.3 is 14.8 Å². The third-order valence-corrected chi connectivity index (χ3v) is 4.13. The van der Waals surface area contributed by atoms with Crippen molar-refractivity contribution in [1.82, 2.24) is 10.3 Å². The number of hydrogen-bond donors (Lipinski definition) is 1. The van der Waals surface area contributed by atoms with Gasteiger partial charge in [-0.1, -0.05) is 19.9 Å². The summed E-state index contributed by atoms with van der Waals surface area (Å²) in [6.07, 6.45) is 0.965. The standard InChI is InChI=1S/C16H22N2O2S/c1-4-16-18-13(11-21-16)10-20-14-7-6-12(9-17-5-2)8-15(14)19-3/h6-8,11,17H,4-5,9-10H2,1-3H3. The van der Waals surface area contributed by atoms with Crippen LogP contribution in [0.4, 0.5) is 0 Å². The normalized spacial score (nSPS) is 10.6. The Bertz CT molecular complexity index is 569. The second-order valence-electron chi connectivity index (χ2n) is 4.64. The number of nitrogens with one attached hydrogen (secondary N) is 1. The fraction of sp³-hybridized carbons (Fsp3) is 0.438. The Morgan fingerprint density at radius 1 is 1.24 bits per heavy atom. The van der Waals surface area contributed by atoms with Gasteiger partial charge in [-0.25, -0.2) is 4.98 Å². The van der Waals surface area contributed by atoms with Crippen LogP contribution in [0.2, 0.25) is 0 Å². The smallest absolute Gasteiger partial charge is 0.161 e. The zero-order valence-electron chi connectivity index (χ0n) is 12.8. The molecule has 4 nitrogen and oxygen atoms in total. The molecule has 0 amide bonds. The number of rotatable bonds is 8. The molecule has 0 radical (unpaired) electrons. The van der Waals surface area contributed by atoms with Gasteiger partial charge in [-0.3, -0.25) is 0 Å². The van der Waals surface area contributed by atoms with Crippen LogP contribution in [-0.4, -0.2) is 18.6 Å². The zero-order chi connectivity index (χ0) is 15.1. The number of nitrogens with zero attached hydrogens (tertiary/aromatic N) is 1. The van der Waals surface area contributed by atoms with Crippen molar-refractivity contribution >= 4 is 11.3 Å². The maximum Gasteiger partial charge on any atom is 0.161 e. The SMILES string of the molecule is CCNCc1ccc(OCc2csc(CC)n2)c(OC)c1. The van der Waals surface area contributed by atoms with Crippen LogP contribution in [-0.2, 0) is 19.6 Å². The number of ether oxygens (including phenoxy) is 2. The van der Waals surface area contributed by atoms with Crippen molar-refractivity contribution in [3.8, 4) is 11.5 Å². The fourth-order valence-electron chi connectivity index (χ4n) is 1.94. The van der Waals surface area contributed by atoms with Crippen LogP contribution in [0, 0.1) is 0 Å². The molecule has 0 saturated carbocycles. The van der Waals surface area contributed by atoms with Crippen LogP contribution in [0.1, 0.15) is 30.1 Å². The summed E-state index contributed by atoms with van der Waals surface area (Å²) in [5.41, 5.74) is 2.15. The van der Waals surface area contributed by atoms with Crippen molar-refractivity contribution in [3.05, 3.63) is 39.8 Å². The van der Waals surface area contributed by atoms with E-state index in [1.165, 1.54) is 5.56 Å². The summed E-state index contributed by atoms with van der Waals surface area (Å²) in [6.45, 7) is 6.45. The molecule has 21 heavy (non-hydrogen) atoms. The topological polar surface area (TPSA) is 43.4 Å². The highest BCUT2D eigenvalue weighted by Crippen LogP contribution is 2.29. The van der Waals surface area contributed by atoms with E-state index in [1.807, 2.05) is 17.5 Å². The summed E-state index contributed by atoms with van der Waals surface area (Å²) < 4.78 is 11.2. The first-order valence-corrected chi connectivity index (χ1v) is 8.08. The van der Waals surface area contributed by atoms with E-state index >= 15 is 0 Å². The maximum absolute atomic E-state index is 5.83. The minimum Gasteiger partial charge on any atom is -0.493 e. The molecule has 1 heterocycles. The van der Waals surface area contributed by atoms with Crippen LogP contribution >= 0.6 is 11.3 Å². The third kappa shape index (κ3) is 4.44. The summed E-state index contributed by atoms with van der Waals surface area (Å²) in [5, 5.41) is 6.48. The molecule has 0 aliphatic carbocycles. The van der Waals surface area contributed by atoms with Gasteiger partial charge in [0.15, 0.2) is 11.5 Å². The predicted molar refractivity (Wildman–Crippen MR) is 86.2 cm³/mol. The predicted octanol–water partition coefficient (Wildman–Crippen LogP) is 3.40. The van der Waals surface area contributed by atoms with Crippen LogP contribution in [0.15, 0.2) is 23.6 Å². The Kier molecular flexibility index (Phi) is 6.02. The lowest BCUT2D eigenvalue weighted by Crippen LogP contribution is -2.11. The van der Waals surface area contributed by atoms with E-state index in [-0.39, 0.29) is 0 Å². The number of thiazole rings is 1. The molecule has 0 aliphatic heterocycles. The van der Waals surface area contributed by atoms with Gasteiger partial charge in [0.1, 0.15) is 6.61 Å². The molecule has 0 unspecified atom stereocenters. The number of methoxy groups -OCH3 is 1. The van der Waals surface area contributed by atoms with Gasteiger partial charge in [-0.15, -0.1) is 11.3 Å². The molecule has 0 bridgehead atoms. The molecule has 1 N–H and O–H groups in total. The van der Waals surface area contributed by atoms with E-state index in [4.69, 9.17) is 9.47 Å². The summed E-state index contributed by atoms with van der Waals surface area (Å²) in [5.74, 6) is 1.51. The highest BCUT2D eigenvalue weighted by Gasteiger charge is 2.07. The van der Waals surface area contributed by atoms with Crippen LogP contribution in [0.5, 0.6) is 11.5 Å². The van der Waals surface area contributed by atoms with Crippen LogP contribution < -0.4 is 14.8 Å². The average Bonchev–Trinajstić information content (AvgIpc) is 2.99. The van der Waals surface area contributed by atoms with E-state index in [0.717, 1.165) is 41.7 Å². The van der Waals surface area contributed by atoms with Gasteiger partial charge in [0.25, 0.3) is 0 Å². The lowest BCUT2D eigenvalue weighted by Gasteiger charge is -2.11. The summed E-state index contributed by atoms with van der Waals surface area (Å²) >= 11 is 1.68. The Morgan fingerprint density at radius 3 is 2.76 bits per heavy atom. The minimum atomic E-state index is 0.472. The fourth-order valence-corrected chi connectivity index (χ4v) is 2.67. The number of benzene rings is 1. The number of aryl methyl sites for hydroxylation is 1. The molecule has 0 fully saturated rings. The van der Waals surface area contributed by atoms with Gasteiger partial charge in [0, 0.05) is 11.9 Å². The third-order valence-electron chi connectivity index (χ3n) is 3.08. The molecule has 0 aliphatic rings. The molecule has 5 heteroatoms. The second-order valence-corrected chi connectivity index (χ2v) is 5.58. The second kappa shape index (κ2) is 8.00. The van der Waals surface area contributed by atoms with E-state index in [1.54, 1.807) is 18.4 Å². The summed E-state index contributed by atoms with van der Waals surface area (Å²) in [4.78, 5) is 4.50. The molecule has 2 rings (SSSR count). The zero-order valence-corrected chi connectivity index (χ0v) is 13.6. The quantitative estimate of drug-likeness (QED) is 0.812. The summed E-state index contributed by atoms with van der Waals surface area (Å²) in [6, 6.07) is 6.02. The minimum absolute atomic E-state index is 0.472. The average molecular weight is 306 g/mol. The lowest BCUT2D eigenvalue weighted by atomic mass is 10.2. The highest BCUT2D eigenvalue weighted by atomic mass is 32.1. The first kappa shape index (κ1) is 15.8. The molecular weight excluding hydrogens is 284 g/mol. The van der Waals surface area contributed by atoms with Gasteiger partial charge >= 0.3 is 0 Å². The first-order chi connectivity index (χ1) is 10.3. The number of aromatic nitrogens is 1. The van der Waals surface area contributed by atoms with Gasteiger partial charge in [0.2, 0.25) is 0 Å². The lowest BCUT2D eigenvalue weighted by molar-refractivity contribution is 0.281. The van der Waals surface area contributed by atoms with E-state index in [0.29, 0.717) is 6.61 Å². The molecule has 1 aromatic heterocycles. The Balaban J connectivity index is 2.01. The number of hydrogen-bond acceptors (Lipinski definition) is 5. The van der Waals surface area contributed by atoms with Crippen molar-refractivity contribution in [2.24, 2.45) is 0 Å². The molecule has 1 aromatic carbocycles. The Labute approximate surface area is 130 Å². The molecule has 0 saturated heterocycles. The van der Waals surface area contributed by atoms with Crippen molar-refractivity contribution < 1.29 is 9.47 Å². The van der Waals surface area contributed by atoms with E-state index in [2.05, 4.69) is 30.2 Å². The van der Waals surface area contributed by atoms with E-state index < -0.39 is 0 Å². The molecule has 0 atom stereocenters. The van der Waals surface area contributed by atoms with Crippen molar-refractivity contribution in [1.29, 1.82) is 0 Å². The first-order valence-electron chi connectivity index (χ1n) is 7.20. The highest BCUT2D eigenvalue weighted by molar-refractivity contribution is 7.09. The Morgan fingerprint density at radius 2 is 2.10 bits per heavy atom. The van der Waals surface area contributed by atoms with Crippen molar-refractivity contribution in [3.63, 3.8) is 0 Å². The van der Waals surface area contributed by atoms with Crippen molar-refractivity contribution in [2.75, 3.05) is 13.7 Å². The summed E-state index contributed by atoms with van der Waals surface area (Å²) in [7, 11) is 1.66. The van der Waals surface area contributed by atoms with Gasteiger partial charge in [0.05, 0.1) is 17.8 Å². The van der Waals surface area contributed by atoms with Crippen molar-refractivity contribution in [2.45, 2.75) is 33.4 Å². The maximum atomic E-state index is 5.83. The van der Waals surface area contributed by atoms with Gasteiger partial charge in [-0.05, 0) is 30.7 Å².